The van der Waals surface area contributed by atoms with Gasteiger partial charge >= 0.3 is 5.97 Å². The molecule has 0 aromatic heterocycles. The standard InChI is InChI=1S/C58H94N14O12S2/c1-10-32(6)44-54(80)70-46(34(8)12-3)56(82)72-26-18-23-43(72)53(79)67-40(50(76)63-35(9)57(83)84)29-85-86-30-41(66-48(74)38(27-31(4)5)64-47(73)37(59)21-16-24-62-58(60)61)51(77)69-45(33(7)11-2)55(81)71-25-17-22-42(71)52(78)65-39(49(75)68-44)28-36-19-14-13-15-20-36/h13-15,19-20,31-35,37-46H,10-12,16-18,21-30,59H2,1-9H3,(H,63,76)(H,64,73)(H,65,78)(H,66,74)(H,67,79)(H,68,75)(H,69,77)(H,70,80)(H,83,84)(H4,60,61,62)/t32-,33-,34-,35-,37-,38-,39-,40-,41-,42-,43-,44-,45?,46-/m0/s1. The Morgan fingerprint density at radius 1 is 0.674 bits per heavy atom. The van der Waals surface area contributed by atoms with Gasteiger partial charge in [-0.15, -0.1) is 0 Å². The normalized spacial score (nSPS) is 25.5. The van der Waals surface area contributed by atoms with Gasteiger partial charge in [0.15, 0.2) is 5.96 Å². The largest absolute Gasteiger partial charge is 0.480 e. The molecule has 0 bridgehead atoms. The van der Waals surface area contributed by atoms with E-state index in [1.54, 1.807) is 51.1 Å². The molecule has 10 amide bonds. The SMILES string of the molecule is CC[C@H](C)C1NC(=O)[C@@H](NC(=O)[C@H](CC(C)C)NC(=O)[C@@H](N)CCCN=C(N)N)CSSC[C@@H](C(=O)N[C@@H](C)C(=O)O)NC(=O)[C@@H]2CCCN2C(=O)[C@H]([C@@H](C)CC)NC(=O)[C@H]([C@@H](C)CC)NC(=O)[C@H](Cc2ccccc2)NC(=O)[C@@H]2CCCN2C1=O. The van der Waals surface area contributed by atoms with E-state index in [2.05, 4.69) is 47.5 Å². The van der Waals surface area contributed by atoms with Gasteiger partial charge in [0, 0.05) is 37.6 Å². The highest BCUT2D eigenvalue weighted by Gasteiger charge is 2.44. The zero-order valence-corrected chi connectivity index (χ0v) is 52.8. The van der Waals surface area contributed by atoms with Gasteiger partial charge in [0.2, 0.25) is 59.1 Å². The summed E-state index contributed by atoms with van der Waals surface area (Å²) in [5, 5.41) is 31.9. The van der Waals surface area contributed by atoms with Crippen LogP contribution >= 0.6 is 21.6 Å². The maximum Gasteiger partial charge on any atom is 0.325 e. The zero-order valence-electron chi connectivity index (χ0n) is 51.2. The van der Waals surface area contributed by atoms with Gasteiger partial charge < -0.3 is 74.6 Å². The number of rotatable bonds is 21. The fourth-order valence-electron chi connectivity index (χ4n) is 10.3. The van der Waals surface area contributed by atoms with Crippen LogP contribution in [0.3, 0.4) is 0 Å². The summed E-state index contributed by atoms with van der Waals surface area (Å²) in [6.45, 7) is 16.1. The summed E-state index contributed by atoms with van der Waals surface area (Å²) in [6.07, 6.45) is 3.03. The molecule has 28 heteroatoms. The second-order valence-corrected chi connectivity index (χ2v) is 25.8. The molecule has 26 nitrogen and oxygen atoms in total. The van der Waals surface area contributed by atoms with Crippen molar-refractivity contribution in [2.75, 3.05) is 31.1 Å². The first-order valence-electron chi connectivity index (χ1n) is 30.1. The number of carbonyl (C=O) groups excluding carboxylic acids is 10. The number of hydrogen-bond donors (Lipinski definition) is 12. The van der Waals surface area contributed by atoms with Crippen LogP contribution in [0.15, 0.2) is 35.3 Å². The minimum Gasteiger partial charge on any atom is -0.480 e. The van der Waals surface area contributed by atoms with Gasteiger partial charge in [0.05, 0.1) is 6.04 Å². The molecule has 1 aromatic rings. The molecule has 15 N–H and O–H groups in total. The summed E-state index contributed by atoms with van der Waals surface area (Å²) in [7, 11) is 2.01. The molecule has 3 aliphatic rings. The number of carboxylic acid groups (broad SMARTS) is 1. The third-order valence-corrected chi connectivity index (χ3v) is 18.6. The highest BCUT2D eigenvalue weighted by Crippen LogP contribution is 2.27. The van der Waals surface area contributed by atoms with Crippen LogP contribution in [-0.4, -0.2) is 184 Å². The molecule has 3 aliphatic heterocycles. The van der Waals surface area contributed by atoms with Crippen LogP contribution in [0.5, 0.6) is 0 Å². The van der Waals surface area contributed by atoms with E-state index in [9.17, 15) is 53.1 Å². The van der Waals surface area contributed by atoms with Crippen LogP contribution in [0.1, 0.15) is 132 Å². The Labute approximate surface area is 512 Å². The maximum atomic E-state index is 15.0. The van der Waals surface area contributed by atoms with Crippen molar-refractivity contribution in [2.45, 2.75) is 199 Å². The van der Waals surface area contributed by atoms with E-state index >= 15 is 4.79 Å². The molecule has 1 unspecified atom stereocenters. The lowest BCUT2D eigenvalue weighted by Gasteiger charge is -2.34. The Hall–Kier alpha value is -6.68. The Bertz CT molecular complexity index is 2540. The van der Waals surface area contributed by atoms with Gasteiger partial charge in [0.25, 0.3) is 0 Å². The Kier molecular flexibility index (Phi) is 29.4. The molecule has 1 aromatic carbocycles. The Morgan fingerprint density at radius 3 is 1.73 bits per heavy atom. The molecular formula is C58H94N14O12S2. The Morgan fingerprint density at radius 2 is 1.20 bits per heavy atom. The van der Waals surface area contributed by atoms with E-state index in [0.29, 0.717) is 44.1 Å². The van der Waals surface area contributed by atoms with E-state index in [4.69, 9.17) is 17.2 Å². The lowest BCUT2D eigenvalue weighted by Crippen LogP contribution is -2.62. The second-order valence-electron chi connectivity index (χ2n) is 23.3. The van der Waals surface area contributed by atoms with Gasteiger partial charge in [0.1, 0.15) is 60.4 Å². The zero-order chi connectivity index (χ0) is 63.9. The predicted octanol–water partition coefficient (Wildman–Crippen LogP) is 0.154. The highest BCUT2D eigenvalue weighted by atomic mass is 33.1. The minimum absolute atomic E-state index is 0.00835. The number of aliphatic carboxylic acids is 1. The number of nitrogens with one attached hydrogen (secondary N) is 8. The van der Waals surface area contributed by atoms with Crippen molar-refractivity contribution in [3.63, 3.8) is 0 Å². The molecule has 86 heavy (non-hydrogen) atoms. The van der Waals surface area contributed by atoms with Crippen molar-refractivity contribution in [1.29, 1.82) is 0 Å². The summed E-state index contributed by atoms with van der Waals surface area (Å²) >= 11 is 0. The lowest BCUT2D eigenvalue weighted by molar-refractivity contribution is -0.144. The first-order valence-corrected chi connectivity index (χ1v) is 32.6. The topological polar surface area (TPSA) is 401 Å². The maximum absolute atomic E-state index is 15.0. The van der Waals surface area contributed by atoms with E-state index in [-0.39, 0.29) is 75.1 Å². The van der Waals surface area contributed by atoms with Gasteiger partial charge in [-0.3, -0.25) is 57.7 Å². The summed E-state index contributed by atoms with van der Waals surface area (Å²) in [5.74, 6) is -10.6. The van der Waals surface area contributed by atoms with Crippen molar-refractivity contribution < 1.29 is 57.8 Å². The Balaban J connectivity index is 1.84. The monoisotopic (exact) mass is 1240 g/mol. The fourth-order valence-corrected chi connectivity index (χ4v) is 12.6. The quantitative estimate of drug-likeness (QED) is 0.0337. The van der Waals surface area contributed by atoms with Crippen LogP contribution in [-0.2, 0) is 59.2 Å². The first-order chi connectivity index (χ1) is 40.7. The summed E-state index contributed by atoms with van der Waals surface area (Å²) < 4.78 is 0. The molecule has 4 rings (SSSR count). The summed E-state index contributed by atoms with van der Waals surface area (Å²) in [6, 6.07) is -4.69. The highest BCUT2D eigenvalue weighted by molar-refractivity contribution is 8.76. The third kappa shape index (κ3) is 21.3. The number of guanidine groups is 1. The van der Waals surface area contributed by atoms with Crippen molar-refractivity contribution in [2.24, 2.45) is 45.9 Å². The summed E-state index contributed by atoms with van der Waals surface area (Å²) in [5.41, 5.74) is 17.8. The average Bonchev–Trinajstić information content (AvgIpc) is 2.49. The molecular weight excluding hydrogens is 1150 g/mol. The molecule has 3 heterocycles. The number of amides is 10. The molecule has 14 atom stereocenters. The molecule has 0 radical (unpaired) electrons. The number of nitrogens with zero attached hydrogens (tertiary/aromatic N) is 3. The van der Waals surface area contributed by atoms with Crippen LogP contribution in [0, 0.1) is 23.7 Å². The van der Waals surface area contributed by atoms with Crippen LogP contribution in [0.2, 0.25) is 0 Å². The van der Waals surface area contributed by atoms with Crippen LogP contribution in [0.25, 0.3) is 0 Å². The lowest BCUT2D eigenvalue weighted by atomic mass is 9.94. The van der Waals surface area contributed by atoms with Crippen molar-refractivity contribution in [1.82, 2.24) is 52.3 Å². The molecule has 0 aliphatic carbocycles. The van der Waals surface area contributed by atoms with E-state index in [0.717, 1.165) is 21.6 Å². The average molecular weight is 1240 g/mol. The number of aliphatic imine (C=N–C) groups is 1. The fraction of sp³-hybridized carbons (Fsp3) is 0.690. The summed E-state index contributed by atoms with van der Waals surface area (Å²) in [4.78, 5) is 164. The van der Waals surface area contributed by atoms with E-state index < -0.39 is 149 Å². The number of fused-ring (bicyclic) bond motifs is 2. The first kappa shape index (κ1) is 71.8. The van der Waals surface area contributed by atoms with Gasteiger partial charge in [-0.05, 0) is 81.1 Å². The van der Waals surface area contributed by atoms with E-state index in [1.165, 1.54) is 16.7 Å². The third-order valence-electron chi connectivity index (χ3n) is 16.1. The van der Waals surface area contributed by atoms with Crippen molar-refractivity contribution in [3.05, 3.63) is 35.9 Å². The number of carboxylic acids is 1. The van der Waals surface area contributed by atoms with E-state index in [1.807, 2.05) is 34.6 Å². The predicted molar refractivity (Wildman–Crippen MR) is 329 cm³/mol. The molecule has 3 fully saturated rings. The molecule has 3 saturated heterocycles. The van der Waals surface area contributed by atoms with Crippen LogP contribution in [0.4, 0.5) is 0 Å². The smallest absolute Gasteiger partial charge is 0.325 e. The van der Waals surface area contributed by atoms with Gasteiger partial charge in [-0.1, -0.05) is 127 Å². The number of hydrogen-bond acceptors (Lipinski definition) is 15. The minimum atomic E-state index is -1.43. The van der Waals surface area contributed by atoms with Crippen LogP contribution < -0.4 is 59.7 Å². The molecule has 0 saturated carbocycles. The van der Waals surface area contributed by atoms with Gasteiger partial charge in [-0.25, -0.2) is 0 Å². The van der Waals surface area contributed by atoms with Gasteiger partial charge in [-0.2, -0.15) is 0 Å². The molecule has 480 valence electrons. The second kappa shape index (κ2) is 35.2. The van der Waals surface area contributed by atoms with Crippen molar-refractivity contribution in [3.8, 4) is 0 Å². The van der Waals surface area contributed by atoms with Crippen molar-refractivity contribution >= 4 is 92.6 Å². The number of carbonyl (C=O) groups is 11. The number of nitrogens with two attached hydrogens (primary N) is 3. The number of benzene rings is 1. The molecule has 0 spiro atoms.